The monoisotopic (exact) mass is 260 g/mol. The number of urea groups is 1. The average Bonchev–Trinajstić information content (AvgIpc) is 2.26. The fourth-order valence-corrected chi connectivity index (χ4v) is 1.24. The molecule has 0 spiro atoms. The van der Waals surface area contributed by atoms with Crippen molar-refractivity contribution in [3.63, 3.8) is 0 Å². The van der Waals surface area contributed by atoms with Gasteiger partial charge in [0.1, 0.15) is 0 Å². The Morgan fingerprint density at radius 1 is 1.28 bits per heavy atom. The van der Waals surface area contributed by atoms with E-state index in [1.54, 1.807) is 7.11 Å². The highest BCUT2D eigenvalue weighted by molar-refractivity contribution is 5.94. The summed E-state index contributed by atoms with van der Waals surface area (Å²) < 4.78 is 4.90. The van der Waals surface area contributed by atoms with Crippen LogP contribution >= 0.6 is 0 Å². The minimum Gasteiger partial charge on any atom is -0.481 e. The van der Waals surface area contributed by atoms with Gasteiger partial charge in [-0.3, -0.25) is 14.9 Å². The Hall–Kier alpha value is -1.63. The summed E-state index contributed by atoms with van der Waals surface area (Å²) in [5, 5.41) is 13.0. The molecule has 0 fully saturated rings. The smallest absolute Gasteiger partial charge is 0.321 e. The lowest BCUT2D eigenvalue weighted by molar-refractivity contribution is -0.137. The first-order valence-electron chi connectivity index (χ1n) is 5.74. The van der Waals surface area contributed by atoms with Gasteiger partial charge in [-0.1, -0.05) is 6.92 Å². The van der Waals surface area contributed by atoms with Gasteiger partial charge >= 0.3 is 12.0 Å². The zero-order valence-corrected chi connectivity index (χ0v) is 10.7. The molecule has 7 nitrogen and oxygen atoms in total. The molecule has 0 aliphatic carbocycles. The molecular formula is C11H20N2O5. The Morgan fingerprint density at radius 2 is 1.94 bits per heavy atom. The quantitative estimate of drug-likeness (QED) is 0.584. The summed E-state index contributed by atoms with van der Waals surface area (Å²) in [6.45, 7) is 2.83. The number of amides is 3. The summed E-state index contributed by atoms with van der Waals surface area (Å²) in [5.74, 6) is -1.28. The van der Waals surface area contributed by atoms with Crippen molar-refractivity contribution in [3.05, 3.63) is 0 Å². The third-order valence-corrected chi connectivity index (χ3v) is 2.11. The van der Waals surface area contributed by atoms with Crippen molar-refractivity contribution in [3.8, 4) is 0 Å². The number of carbonyl (C=O) groups excluding carboxylic acids is 2. The molecule has 3 N–H and O–H groups in total. The van der Waals surface area contributed by atoms with Crippen LogP contribution in [0.1, 0.15) is 26.2 Å². The van der Waals surface area contributed by atoms with E-state index in [2.05, 4.69) is 10.6 Å². The maximum Gasteiger partial charge on any atom is 0.321 e. The Kier molecular flexibility index (Phi) is 8.55. The maximum absolute atomic E-state index is 11.3. The summed E-state index contributed by atoms with van der Waals surface area (Å²) in [7, 11) is 1.57. The van der Waals surface area contributed by atoms with E-state index >= 15 is 0 Å². The molecule has 18 heavy (non-hydrogen) atoms. The third-order valence-electron chi connectivity index (χ3n) is 2.11. The van der Waals surface area contributed by atoms with Crippen molar-refractivity contribution in [2.75, 3.05) is 20.3 Å². The van der Waals surface area contributed by atoms with Gasteiger partial charge in [0.15, 0.2) is 0 Å². The first kappa shape index (κ1) is 16.4. The number of imide groups is 1. The number of methoxy groups -OCH3 is 1. The molecular weight excluding hydrogens is 240 g/mol. The Bertz CT molecular complexity index is 293. The lowest BCUT2D eigenvalue weighted by Crippen LogP contribution is -2.41. The molecule has 3 amide bonds. The standard InChI is InChI=1S/C11H20N2O5/c1-8(7-18-2)6-12-11(17)13-9(14)4-3-5-10(15)16/h8H,3-7H2,1-2H3,(H,15,16)(H2,12,13,14,17). The topological polar surface area (TPSA) is 105 Å². The van der Waals surface area contributed by atoms with Gasteiger partial charge < -0.3 is 15.2 Å². The van der Waals surface area contributed by atoms with E-state index in [0.29, 0.717) is 13.2 Å². The van der Waals surface area contributed by atoms with E-state index < -0.39 is 17.9 Å². The number of carboxylic acid groups (broad SMARTS) is 1. The lowest BCUT2D eigenvalue weighted by atomic mass is 10.2. The van der Waals surface area contributed by atoms with Crippen LogP contribution in [-0.4, -0.2) is 43.3 Å². The van der Waals surface area contributed by atoms with Crippen LogP contribution < -0.4 is 10.6 Å². The van der Waals surface area contributed by atoms with Gasteiger partial charge in [0.25, 0.3) is 0 Å². The lowest BCUT2D eigenvalue weighted by Gasteiger charge is -2.11. The molecule has 0 bridgehead atoms. The van der Waals surface area contributed by atoms with Crippen LogP contribution in [0.4, 0.5) is 4.79 Å². The van der Waals surface area contributed by atoms with E-state index in [1.807, 2.05) is 6.92 Å². The SMILES string of the molecule is COCC(C)CNC(=O)NC(=O)CCCC(=O)O. The van der Waals surface area contributed by atoms with Crippen LogP contribution in [0.25, 0.3) is 0 Å². The maximum atomic E-state index is 11.3. The molecule has 0 saturated heterocycles. The first-order valence-corrected chi connectivity index (χ1v) is 5.74. The molecule has 0 aromatic heterocycles. The van der Waals surface area contributed by atoms with Gasteiger partial charge in [-0.2, -0.15) is 0 Å². The van der Waals surface area contributed by atoms with Crippen LogP contribution in [0.2, 0.25) is 0 Å². The summed E-state index contributed by atoms with van der Waals surface area (Å²) in [4.78, 5) is 32.7. The largest absolute Gasteiger partial charge is 0.481 e. The van der Waals surface area contributed by atoms with Crippen LogP contribution in [0, 0.1) is 5.92 Å². The minimum atomic E-state index is -0.958. The Balaban J connectivity index is 3.67. The molecule has 0 saturated carbocycles. The molecule has 1 unspecified atom stereocenters. The summed E-state index contributed by atoms with van der Waals surface area (Å²) in [5.41, 5.74) is 0. The normalized spacial score (nSPS) is 11.7. The molecule has 0 aromatic rings. The highest BCUT2D eigenvalue weighted by Gasteiger charge is 2.09. The highest BCUT2D eigenvalue weighted by Crippen LogP contribution is 1.95. The number of nitrogens with one attached hydrogen (secondary N) is 2. The molecule has 0 rings (SSSR count). The van der Waals surface area contributed by atoms with Crippen LogP contribution in [-0.2, 0) is 14.3 Å². The van der Waals surface area contributed by atoms with E-state index in [9.17, 15) is 14.4 Å². The third kappa shape index (κ3) is 9.59. The highest BCUT2D eigenvalue weighted by atomic mass is 16.5. The van der Waals surface area contributed by atoms with Crippen LogP contribution in [0.15, 0.2) is 0 Å². The first-order chi connectivity index (χ1) is 8.45. The van der Waals surface area contributed by atoms with Gasteiger partial charge in [0.05, 0.1) is 6.61 Å². The molecule has 0 aliphatic heterocycles. The van der Waals surface area contributed by atoms with Gasteiger partial charge in [0.2, 0.25) is 5.91 Å². The fourth-order valence-electron chi connectivity index (χ4n) is 1.24. The van der Waals surface area contributed by atoms with Crippen LogP contribution in [0.3, 0.4) is 0 Å². The van der Waals surface area contributed by atoms with E-state index in [1.165, 1.54) is 0 Å². The van der Waals surface area contributed by atoms with Gasteiger partial charge in [0, 0.05) is 26.5 Å². The Morgan fingerprint density at radius 3 is 2.50 bits per heavy atom. The Labute approximate surface area is 106 Å². The zero-order valence-electron chi connectivity index (χ0n) is 10.7. The second-order valence-electron chi connectivity index (χ2n) is 4.07. The number of aliphatic carboxylic acids is 1. The number of rotatable bonds is 8. The van der Waals surface area contributed by atoms with Crippen molar-refractivity contribution in [1.29, 1.82) is 0 Å². The summed E-state index contributed by atoms with van der Waals surface area (Å²) in [6.07, 6.45) is 0.155. The number of ether oxygens (including phenoxy) is 1. The molecule has 1 atom stereocenters. The fraction of sp³-hybridized carbons (Fsp3) is 0.727. The molecule has 0 aliphatic rings. The summed E-state index contributed by atoms with van der Waals surface area (Å²) >= 11 is 0. The van der Waals surface area contributed by atoms with Crippen molar-refractivity contribution < 1.29 is 24.2 Å². The van der Waals surface area contributed by atoms with E-state index in [-0.39, 0.29) is 25.2 Å². The molecule has 0 aromatic carbocycles. The van der Waals surface area contributed by atoms with Crippen molar-refractivity contribution in [1.82, 2.24) is 10.6 Å². The summed E-state index contributed by atoms with van der Waals surface area (Å²) in [6, 6.07) is -0.571. The minimum absolute atomic E-state index is 0.0212. The predicted molar refractivity (Wildman–Crippen MR) is 64.1 cm³/mol. The van der Waals surface area contributed by atoms with E-state index in [4.69, 9.17) is 9.84 Å². The second-order valence-corrected chi connectivity index (χ2v) is 4.07. The number of carbonyl (C=O) groups is 3. The average molecular weight is 260 g/mol. The van der Waals surface area contributed by atoms with E-state index in [0.717, 1.165) is 0 Å². The zero-order chi connectivity index (χ0) is 14.0. The molecule has 104 valence electrons. The molecule has 7 heteroatoms. The van der Waals surface area contributed by atoms with Gasteiger partial charge in [-0.15, -0.1) is 0 Å². The van der Waals surface area contributed by atoms with Crippen LogP contribution in [0.5, 0.6) is 0 Å². The van der Waals surface area contributed by atoms with Gasteiger partial charge in [-0.25, -0.2) is 4.79 Å². The van der Waals surface area contributed by atoms with Crippen molar-refractivity contribution in [2.24, 2.45) is 5.92 Å². The second kappa shape index (κ2) is 9.41. The predicted octanol–water partition coefficient (Wildman–Crippen LogP) is 0.350. The molecule has 0 heterocycles. The number of hydrogen-bond donors (Lipinski definition) is 3. The van der Waals surface area contributed by atoms with Crippen molar-refractivity contribution >= 4 is 17.9 Å². The number of carboxylic acids is 1. The van der Waals surface area contributed by atoms with Gasteiger partial charge in [-0.05, 0) is 12.3 Å². The number of hydrogen-bond acceptors (Lipinski definition) is 4. The van der Waals surface area contributed by atoms with Crippen molar-refractivity contribution in [2.45, 2.75) is 26.2 Å². The molecule has 0 radical (unpaired) electrons.